The zero-order valence-electron chi connectivity index (χ0n) is 24.2. The molecule has 1 aromatic heterocycles. The molecule has 0 aliphatic heterocycles. The van der Waals surface area contributed by atoms with Crippen LogP contribution in [0.4, 0.5) is 17.6 Å². The molecule has 2 N–H and O–H groups in total. The van der Waals surface area contributed by atoms with Gasteiger partial charge in [-0.1, -0.05) is 16.7 Å². The molecule has 1 unspecified atom stereocenters. The van der Waals surface area contributed by atoms with Gasteiger partial charge in [-0.2, -0.15) is 13.2 Å². The molecule has 0 radical (unpaired) electrons. The SMILES string of the molecule is COc1cc(C(=O)NCC(c2cc(C(C)(C)NCCN=[N+]=[N-])cc(-c3ccc(F)c(Cl)c3)n2)C(F)(F)F)ccc1OC1CC1. The number of azide groups is 1. The number of carbonyl (C=O) groups excluding carboxylic acids is 1. The number of pyridine rings is 1. The van der Waals surface area contributed by atoms with Gasteiger partial charge in [-0.05, 0) is 86.3 Å². The average molecular weight is 635 g/mol. The molecule has 1 saturated carbocycles. The molecule has 1 heterocycles. The monoisotopic (exact) mass is 634 g/mol. The molecule has 1 aliphatic carbocycles. The maximum Gasteiger partial charge on any atom is 0.398 e. The van der Waals surface area contributed by atoms with Crippen molar-refractivity contribution in [1.82, 2.24) is 15.6 Å². The van der Waals surface area contributed by atoms with E-state index in [0.717, 1.165) is 18.9 Å². The summed E-state index contributed by atoms with van der Waals surface area (Å²) in [6, 6.07) is 11.1. The largest absolute Gasteiger partial charge is 0.493 e. The summed E-state index contributed by atoms with van der Waals surface area (Å²) in [7, 11) is 1.41. The van der Waals surface area contributed by atoms with E-state index in [1.165, 1.54) is 37.4 Å². The molecule has 234 valence electrons. The Morgan fingerprint density at radius 3 is 2.55 bits per heavy atom. The lowest BCUT2D eigenvalue weighted by atomic mass is 9.90. The van der Waals surface area contributed by atoms with Gasteiger partial charge in [0.2, 0.25) is 0 Å². The van der Waals surface area contributed by atoms with Crippen molar-refractivity contribution >= 4 is 17.5 Å². The first-order chi connectivity index (χ1) is 20.8. The Hall–Kier alpha value is -4.06. The fraction of sp³-hybridized carbons (Fsp3) is 0.400. The van der Waals surface area contributed by atoms with Crippen LogP contribution >= 0.6 is 11.6 Å². The van der Waals surface area contributed by atoms with Gasteiger partial charge in [0.1, 0.15) is 11.7 Å². The third kappa shape index (κ3) is 8.31. The molecule has 9 nitrogen and oxygen atoms in total. The van der Waals surface area contributed by atoms with E-state index in [0.29, 0.717) is 22.6 Å². The third-order valence-electron chi connectivity index (χ3n) is 7.09. The number of hydrogen-bond acceptors (Lipinski definition) is 6. The minimum absolute atomic E-state index is 0.0847. The Morgan fingerprint density at radius 2 is 1.91 bits per heavy atom. The van der Waals surface area contributed by atoms with E-state index in [1.54, 1.807) is 26.0 Å². The van der Waals surface area contributed by atoms with E-state index >= 15 is 0 Å². The highest BCUT2D eigenvalue weighted by Crippen LogP contribution is 2.38. The molecule has 0 saturated heterocycles. The first kappa shape index (κ1) is 32.8. The predicted molar refractivity (Wildman–Crippen MR) is 157 cm³/mol. The highest BCUT2D eigenvalue weighted by Gasteiger charge is 2.42. The van der Waals surface area contributed by atoms with Gasteiger partial charge in [0.15, 0.2) is 11.5 Å². The van der Waals surface area contributed by atoms with Crippen molar-refractivity contribution in [2.45, 2.75) is 50.4 Å². The van der Waals surface area contributed by atoms with Crippen LogP contribution < -0.4 is 20.1 Å². The van der Waals surface area contributed by atoms with Crippen molar-refractivity contribution in [1.29, 1.82) is 0 Å². The van der Waals surface area contributed by atoms with Crippen molar-refractivity contribution in [3.63, 3.8) is 0 Å². The summed E-state index contributed by atoms with van der Waals surface area (Å²) in [6.45, 7) is 3.05. The van der Waals surface area contributed by atoms with Crippen molar-refractivity contribution < 1.29 is 31.8 Å². The zero-order valence-corrected chi connectivity index (χ0v) is 25.0. The molecule has 1 aliphatic rings. The van der Waals surface area contributed by atoms with Crippen molar-refractivity contribution in [3.05, 3.63) is 86.6 Å². The number of methoxy groups -OCH3 is 1. The Balaban J connectivity index is 1.66. The highest BCUT2D eigenvalue weighted by atomic mass is 35.5. The molecular weight excluding hydrogens is 604 g/mol. The van der Waals surface area contributed by atoms with Gasteiger partial charge in [-0.25, -0.2) is 4.39 Å². The standard InChI is InChI=1S/C30H31ClF4N6O3/c1-29(2,38-10-11-39-41-36)19-14-24(17-4-8-23(32)22(31)12-17)40-25(15-19)21(30(33,34)35)16-37-28(42)18-5-9-26(27(13-18)43-3)44-20-6-7-20/h4-5,8-9,12-15,20-21,38H,6-7,10-11,16H2,1-3H3,(H,37,42). The van der Waals surface area contributed by atoms with Crippen molar-refractivity contribution in [2.24, 2.45) is 5.11 Å². The molecule has 3 aromatic rings. The van der Waals surface area contributed by atoms with Gasteiger partial charge in [0, 0.05) is 41.2 Å². The highest BCUT2D eigenvalue weighted by molar-refractivity contribution is 6.31. The van der Waals surface area contributed by atoms with Crippen LogP contribution in [0.15, 0.2) is 53.6 Å². The van der Waals surface area contributed by atoms with E-state index in [-0.39, 0.29) is 41.2 Å². The van der Waals surface area contributed by atoms with Crippen molar-refractivity contribution in [2.75, 3.05) is 26.7 Å². The summed E-state index contributed by atoms with van der Waals surface area (Å²) in [5, 5.41) is 8.81. The number of nitrogens with zero attached hydrogens (tertiary/aromatic N) is 4. The molecule has 0 bridgehead atoms. The number of rotatable bonds is 13. The second kappa shape index (κ2) is 13.7. The molecular formula is C30H31ClF4N6O3. The van der Waals surface area contributed by atoms with Crippen LogP contribution in [-0.4, -0.2) is 49.9 Å². The van der Waals surface area contributed by atoms with Crippen molar-refractivity contribution in [3.8, 4) is 22.8 Å². The van der Waals surface area contributed by atoms with E-state index in [4.69, 9.17) is 26.6 Å². The van der Waals surface area contributed by atoms with Gasteiger partial charge in [-0.3, -0.25) is 9.78 Å². The van der Waals surface area contributed by atoms with Gasteiger partial charge in [0.25, 0.3) is 5.91 Å². The molecule has 44 heavy (non-hydrogen) atoms. The summed E-state index contributed by atoms with van der Waals surface area (Å²) in [5.74, 6) is -2.88. The Morgan fingerprint density at radius 1 is 1.16 bits per heavy atom. The quantitative estimate of drug-likeness (QED) is 0.0672. The summed E-state index contributed by atoms with van der Waals surface area (Å²) >= 11 is 5.97. The lowest BCUT2D eigenvalue weighted by Gasteiger charge is -2.29. The second-order valence-corrected chi connectivity index (χ2v) is 11.2. The van der Waals surface area contributed by atoms with E-state index in [2.05, 4.69) is 25.6 Å². The van der Waals surface area contributed by atoms with Crippen LogP contribution in [0, 0.1) is 5.82 Å². The van der Waals surface area contributed by atoms with Gasteiger partial charge in [0.05, 0.1) is 29.6 Å². The second-order valence-electron chi connectivity index (χ2n) is 10.8. The molecule has 1 atom stereocenters. The van der Waals surface area contributed by atoms with Gasteiger partial charge >= 0.3 is 6.18 Å². The van der Waals surface area contributed by atoms with Gasteiger partial charge < -0.3 is 20.1 Å². The third-order valence-corrected chi connectivity index (χ3v) is 7.38. The molecule has 1 fully saturated rings. The van der Waals surface area contributed by atoms with Crippen LogP contribution in [0.5, 0.6) is 11.5 Å². The molecule has 1 amide bonds. The van der Waals surface area contributed by atoms with E-state index in [9.17, 15) is 22.4 Å². The predicted octanol–water partition coefficient (Wildman–Crippen LogP) is 7.30. The number of aromatic nitrogens is 1. The van der Waals surface area contributed by atoms with E-state index < -0.39 is 35.9 Å². The Kier molecular flexibility index (Phi) is 10.2. The number of nitrogens with one attached hydrogen (secondary N) is 2. The molecule has 0 spiro atoms. The normalized spacial score (nSPS) is 14.0. The van der Waals surface area contributed by atoms with E-state index in [1.807, 2.05) is 0 Å². The number of ether oxygens (including phenoxy) is 2. The zero-order chi connectivity index (χ0) is 32.1. The minimum atomic E-state index is -4.80. The number of amides is 1. The van der Waals surface area contributed by atoms with Crippen LogP contribution in [0.25, 0.3) is 21.7 Å². The van der Waals surface area contributed by atoms with Gasteiger partial charge in [-0.15, -0.1) is 0 Å². The smallest absolute Gasteiger partial charge is 0.398 e. The lowest BCUT2D eigenvalue weighted by molar-refractivity contribution is -0.149. The van der Waals surface area contributed by atoms with Crippen LogP contribution in [0.2, 0.25) is 5.02 Å². The fourth-order valence-electron chi connectivity index (χ4n) is 4.42. The molecule has 4 rings (SSSR count). The van der Waals surface area contributed by atoms with Crippen LogP contribution in [0.3, 0.4) is 0 Å². The minimum Gasteiger partial charge on any atom is -0.493 e. The maximum atomic E-state index is 14.6. The summed E-state index contributed by atoms with van der Waals surface area (Å²) in [6.07, 6.45) is -2.88. The topological polar surface area (TPSA) is 121 Å². The first-order valence-corrected chi connectivity index (χ1v) is 14.1. The average Bonchev–Trinajstić information content (AvgIpc) is 3.80. The lowest BCUT2D eigenvalue weighted by Crippen LogP contribution is -2.39. The molecule has 14 heteroatoms. The summed E-state index contributed by atoms with van der Waals surface area (Å²) < 4.78 is 68.6. The number of halogens is 5. The molecule has 2 aromatic carbocycles. The van der Waals surface area contributed by atoms with Crippen LogP contribution in [-0.2, 0) is 5.54 Å². The Labute approximate surface area is 256 Å². The first-order valence-electron chi connectivity index (χ1n) is 13.8. The summed E-state index contributed by atoms with van der Waals surface area (Å²) in [4.78, 5) is 20.0. The summed E-state index contributed by atoms with van der Waals surface area (Å²) in [5.41, 5.74) is 8.25. The number of hydrogen-bond donors (Lipinski definition) is 2. The Bertz CT molecular complexity index is 1560. The number of alkyl halides is 3. The number of carbonyl (C=O) groups is 1. The van der Waals surface area contributed by atoms with Crippen LogP contribution in [0.1, 0.15) is 54.2 Å². The number of benzene rings is 2. The fourth-order valence-corrected chi connectivity index (χ4v) is 4.60. The maximum absolute atomic E-state index is 14.6.